The van der Waals surface area contributed by atoms with Crippen molar-refractivity contribution in [3.63, 3.8) is 0 Å². The van der Waals surface area contributed by atoms with Crippen LogP contribution in [0.15, 0.2) is 42.5 Å². The van der Waals surface area contributed by atoms with Gasteiger partial charge in [0, 0.05) is 5.56 Å². The Kier molecular flexibility index (Phi) is 4.96. The van der Waals surface area contributed by atoms with Crippen LogP contribution in [-0.4, -0.2) is 7.11 Å². The van der Waals surface area contributed by atoms with Gasteiger partial charge in [0.25, 0.3) is 0 Å². The molecule has 0 radical (unpaired) electrons. The lowest BCUT2D eigenvalue weighted by molar-refractivity contribution is 0.414. The summed E-state index contributed by atoms with van der Waals surface area (Å²) in [6, 6.07) is 10.9. The monoisotopic (exact) mass is 296 g/mol. The molecule has 1 unspecified atom stereocenters. The second-order valence-corrected chi connectivity index (χ2v) is 5.05. The topological polar surface area (TPSA) is 9.23 Å². The standard InChI is InChI=1S/C16H15ClF2O/c1-20-13-6-2-11(3-7-13)4-8-15(17)14-10-12(18)5-9-16(14)19/h2-3,5-7,9-10,15H,4,8H2,1H3. The van der Waals surface area contributed by atoms with E-state index in [0.717, 1.165) is 29.5 Å². The van der Waals surface area contributed by atoms with Crippen molar-refractivity contribution in [2.24, 2.45) is 0 Å². The molecule has 0 bridgehead atoms. The molecule has 0 aromatic heterocycles. The first-order chi connectivity index (χ1) is 9.60. The molecule has 0 heterocycles. The third kappa shape index (κ3) is 3.70. The fourth-order valence-corrected chi connectivity index (χ4v) is 2.27. The Bertz CT molecular complexity index is 569. The number of benzene rings is 2. The SMILES string of the molecule is COc1ccc(CCC(Cl)c2cc(F)ccc2F)cc1. The molecule has 1 nitrogen and oxygen atoms in total. The highest BCUT2D eigenvalue weighted by Crippen LogP contribution is 2.29. The van der Waals surface area contributed by atoms with Crippen molar-refractivity contribution in [2.45, 2.75) is 18.2 Å². The van der Waals surface area contributed by atoms with Crippen molar-refractivity contribution >= 4 is 11.6 Å². The molecule has 2 rings (SSSR count). The van der Waals surface area contributed by atoms with Gasteiger partial charge in [-0.15, -0.1) is 11.6 Å². The smallest absolute Gasteiger partial charge is 0.128 e. The van der Waals surface area contributed by atoms with Crippen LogP contribution >= 0.6 is 11.6 Å². The maximum Gasteiger partial charge on any atom is 0.128 e. The lowest BCUT2D eigenvalue weighted by Gasteiger charge is -2.11. The maximum absolute atomic E-state index is 13.6. The second kappa shape index (κ2) is 6.71. The van der Waals surface area contributed by atoms with E-state index < -0.39 is 17.0 Å². The van der Waals surface area contributed by atoms with E-state index in [4.69, 9.17) is 16.3 Å². The molecule has 20 heavy (non-hydrogen) atoms. The molecule has 0 aliphatic rings. The van der Waals surface area contributed by atoms with Crippen LogP contribution in [0.5, 0.6) is 5.75 Å². The van der Waals surface area contributed by atoms with Crippen LogP contribution in [-0.2, 0) is 6.42 Å². The highest BCUT2D eigenvalue weighted by atomic mass is 35.5. The molecule has 0 aliphatic heterocycles. The van der Waals surface area contributed by atoms with Crippen molar-refractivity contribution in [1.29, 1.82) is 0 Å². The predicted molar refractivity (Wildman–Crippen MR) is 76.3 cm³/mol. The van der Waals surface area contributed by atoms with E-state index in [-0.39, 0.29) is 5.56 Å². The first-order valence-corrected chi connectivity index (χ1v) is 6.75. The van der Waals surface area contributed by atoms with Gasteiger partial charge in [-0.2, -0.15) is 0 Å². The molecule has 0 amide bonds. The van der Waals surface area contributed by atoms with Crippen molar-refractivity contribution in [2.75, 3.05) is 7.11 Å². The van der Waals surface area contributed by atoms with Crippen molar-refractivity contribution in [3.05, 3.63) is 65.2 Å². The number of methoxy groups -OCH3 is 1. The lowest BCUT2D eigenvalue weighted by atomic mass is 10.0. The third-order valence-corrected chi connectivity index (χ3v) is 3.59. The van der Waals surface area contributed by atoms with Gasteiger partial charge in [0.15, 0.2) is 0 Å². The summed E-state index contributed by atoms with van der Waals surface area (Å²) in [6.07, 6.45) is 1.22. The third-order valence-electron chi connectivity index (χ3n) is 3.14. The number of hydrogen-bond donors (Lipinski definition) is 0. The normalized spacial score (nSPS) is 12.2. The first kappa shape index (κ1) is 14.8. The van der Waals surface area contributed by atoms with Crippen molar-refractivity contribution < 1.29 is 13.5 Å². The number of alkyl halides is 1. The van der Waals surface area contributed by atoms with Gasteiger partial charge in [0.2, 0.25) is 0 Å². The van der Waals surface area contributed by atoms with Crippen LogP contribution in [0.3, 0.4) is 0 Å². The van der Waals surface area contributed by atoms with E-state index in [1.54, 1.807) is 7.11 Å². The van der Waals surface area contributed by atoms with E-state index in [1.807, 2.05) is 24.3 Å². The molecule has 0 saturated carbocycles. The van der Waals surface area contributed by atoms with Crippen molar-refractivity contribution in [1.82, 2.24) is 0 Å². The zero-order valence-corrected chi connectivity index (χ0v) is 11.8. The summed E-state index contributed by atoms with van der Waals surface area (Å²) in [4.78, 5) is 0. The molecule has 2 aromatic carbocycles. The fraction of sp³-hybridized carbons (Fsp3) is 0.250. The summed E-state index contributed by atoms with van der Waals surface area (Å²) in [5, 5.41) is -0.548. The van der Waals surface area contributed by atoms with Crippen LogP contribution in [0.2, 0.25) is 0 Å². The number of hydrogen-bond acceptors (Lipinski definition) is 1. The minimum Gasteiger partial charge on any atom is -0.497 e. The van der Waals surface area contributed by atoms with Gasteiger partial charge in [-0.3, -0.25) is 0 Å². The molecule has 4 heteroatoms. The predicted octanol–water partition coefficient (Wildman–Crippen LogP) is 4.89. The maximum atomic E-state index is 13.6. The second-order valence-electron chi connectivity index (χ2n) is 4.52. The Balaban J connectivity index is 2.00. The summed E-state index contributed by atoms with van der Waals surface area (Å²) in [6.45, 7) is 0. The van der Waals surface area contributed by atoms with Crippen LogP contribution in [0.4, 0.5) is 8.78 Å². The summed E-state index contributed by atoms with van der Waals surface area (Å²) >= 11 is 6.16. The summed E-state index contributed by atoms with van der Waals surface area (Å²) < 4.78 is 31.8. The minimum atomic E-state index is -0.548. The van der Waals surface area contributed by atoms with Gasteiger partial charge >= 0.3 is 0 Å². The molecule has 2 aromatic rings. The van der Waals surface area contributed by atoms with E-state index in [9.17, 15) is 8.78 Å². The minimum absolute atomic E-state index is 0.208. The highest BCUT2D eigenvalue weighted by Gasteiger charge is 2.14. The van der Waals surface area contributed by atoms with Crippen LogP contribution in [0.1, 0.15) is 22.9 Å². The van der Waals surface area contributed by atoms with Gasteiger partial charge in [-0.05, 0) is 48.7 Å². The Morgan fingerprint density at radius 3 is 2.45 bits per heavy atom. The molecule has 1 atom stereocenters. The Labute approximate surface area is 122 Å². The van der Waals surface area contributed by atoms with E-state index in [1.165, 1.54) is 0 Å². The van der Waals surface area contributed by atoms with Gasteiger partial charge in [0.1, 0.15) is 17.4 Å². The van der Waals surface area contributed by atoms with Gasteiger partial charge in [0.05, 0.1) is 12.5 Å². The largest absolute Gasteiger partial charge is 0.497 e. The van der Waals surface area contributed by atoms with E-state index in [0.29, 0.717) is 12.8 Å². The highest BCUT2D eigenvalue weighted by molar-refractivity contribution is 6.20. The summed E-state index contributed by atoms with van der Waals surface area (Å²) in [5.41, 5.74) is 1.29. The number of aryl methyl sites for hydroxylation is 1. The zero-order chi connectivity index (χ0) is 14.5. The quantitative estimate of drug-likeness (QED) is 0.714. The molecule has 0 aliphatic carbocycles. The van der Waals surface area contributed by atoms with Gasteiger partial charge < -0.3 is 4.74 Å². The first-order valence-electron chi connectivity index (χ1n) is 6.32. The van der Waals surface area contributed by atoms with Crippen LogP contribution in [0, 0.1) is 11.6 Å². The van der Waals surface area contributed by atoms with Gasteiger partial charge in [-0.1, -0.05) is 12.1 Å². The number of ether oxygens (including phenoxy) is 1. The molecular formula is C16H15ClF2O. The number of rotatable bonds is 5. The van der Waals surface area contributed by atoms with Crippen LogP contribution < -0.4 is 4.74 Å². The average molecular weight is 297 g/mol. The Morgan fingerprint density at radius 1 is 1.10 bits per heavy atom. The van der Waals surface area contributed by atoms with E-state index in [2.05, 4.69) is 0 Å². The molecule has 0 spiro atoms. The van der Waals surface area contributed by atoms with Crippen molar-refractivity contribution in [3.8, 4) is 5.75 Å². The fourth-order valence-electron chi connectivity index (χ4n) is 2.00. The molecular weight excluding hydrogens is 282 g/mol. The Morgan fingerprint density at radius 2 is 1.80 bits per heavy atom. The van der Waals surface area contributed by atoms with E-state index >= 15 is 0 Å². The molecule has 0 fully saturated rings. The van der Waals surface area contributed by atoms with Gasteiger partial charge in [-0.25, -0.2) is 8.78 Å². The lowest BCUT2D eigenvalue weighted by Crippen LogP contribution is -1.98. The summed E-state index contributed by atoms with van der Waals surface area (Å²) in [5.74, 6) is -0.162. The molecule has 0 saturated heterocycles. The average Bonchev–Trinajstić information content (AvgIpc) is 2.47. The Hall–Kier alpha value is -1.61. The summed E-state index contributed by atoms with van der Waals surface area (Å²) in [7, 11) is 1.61. The molecule has 0 N–H and O–H groups in total. The number of halogens is 3. The molecule has 106 valence electrons. The van der Waals surface area contributed by atoms with Crippen LogP contribution in [0.25, 0.3) is 0 Å². The zero-order valence-electron chi connectivity index (χ0n) is 11.1.